The predicted molar refractivity (Wildman–Crippen MR) is 103 cm³/mol. The monoisotopic (exact) mass is 368 g/mol. The van der Waals surface area contributed by atoms with Crippen molar-refractivity contribution in [2.75, 3.05) is 45.2 Å². The standard InChI is InChI=1S/C20H24N4O3/c1-3-27-20(26)16-6-4-5-7-17(16)22-18-9-8-15(14-21-18)19(25)24-12-10-23(2)11-13-24/h4-9,14H,3,10-13H2,1-2H3,(H,21,22). The van der Waals surface area contributed by atoms with Crippen molar-refractivity contribution in [1.82, 2.24) is 14.8 Å². The second kappa shape index (κ2) is 8.64. The third kappa shape index (κ3) is 4.62. The lowest BCUT2D eigenvalue weighted by Crippen LogP contribution is -2.47. The van der Waals surface area contributed by atoms with Crippen molar-refractivity contribution < 1.29 is 14.3 Å². The molecule has 1 aromatic heterocycles. The molecular weight excluding hydrogens is 344 g/mol. The van der Waals surface area contributed by atoms with Crippen LogP contribution in [0.4, 0.5) is 11.5 Å². The number of benzene rings is 1. The number of aromatic nitrogens is 1. The van der Waals surface area contributed by atoms with Crippen molar-refractivity contribution in [2.24, 2.45) is 0 Å². The highest BCUT2D eigenvalue weighted by molar-refractivity contribution is 5.96. The third-order valence-corrected chi connectivity index (χ3v) is 4.49. The molecule has 1 fully saturated rings. The summed E-state index contributed by atoms with van der Waals surface area (Å²) in [6.07, 6.45) is 1.57. The highest BCUT2D eigenvalue weighted by Gasteiger charge is 2.20. The van der Waals surface area contributed by atoms with E-state index in [1.807, 2.05) is 11.0 Å². The molecule has 1 amide bonds. The zero-order valence-electron chi connectivity index (χ0n) is 15.6. The van der Waals surface area contributed by atoms with Crippen LogP contribution in [0.25, 0.3) is 0 Å². The number of nitrogens with one attached hydrogen (secondary N) is 1. The maximum atomic E-state index is 12.6. The molecule has 0 radical (unpaired) electrons. The van der Waals surface area contributed by atoms with Gasteiger partial charge in [-0.3, -0.25) is 4.79 Å². The number of ether oxygens (including phenoxy) is 1. The summed E-state index contributed by atoms with van der Waals surface area (Å²) in [5, 5.41) is 3.12. The Labute approximate surface area is 158 Å². The van der Waals surface area contributed by atoms with Gasteiger partial charge in [-0.15, -0.1) is 0 Å². The summed E-state index contributed by atoms with van der Waals surface area (Å²) in [5.74, 6) is 0.165. The topological polar surface area (TPSA) is 74.8 Å². The molecule has 1 N–H and O–H groups in total. The number of rotatable bonds is 5. The zero-order valence-corrected chi connectivity index (χ0v) is 15.6. The second-order valence-corrected chi connectivity index (χ2v) is 6.42. The summed E-state index contributed by atoms with van der Waals surface area (Å²) in [6, 6.07) is 10.6. The number of amides is 1. The molecule has 1 aromatic carbocycles. The number of carbonyl (C=O) groups is 2. The van der Waals surface area contributed by atoms with E-state index in [-0.39, 0.29) is 11.9 Å². The molecule has 0 atom stereocenters. The highest BCUT2D eigenvalue weighted by atomic mass is 16.5. The Morgan fingerprint density at radius 3 is 2.52 bits per heavy atom. The van der Waals surface area contributed by atoms with Crippen LogP contribution in [0.5, 0.6) is 0 Å². The average Bonchev–Trinajstić information content (AvgIpc) is 2.69. The van der Waals surface area contributed by atoms with Crippen molar-refractivity contribution in [1.29, 1.82) is 0 Å². The Kier molecular flexibility index (Phi) is 6.03. The molecule has 142 valence electrons. The van der Waals surface area contributed by atoms with Crippen molar-refractivity contribution in [3.05, 3.63) is 53.7 Å². The van der Waals surface area contributed by atoms with E-state index in [4.69, 9.17) is 4.74 Å². The Hall–Kier alpha value is -2.93. The fraction of sp³-hybridized carbons (Fsp3) is 0.350. The Morgan fingerprint density at radius 1 is 1.11 bits per heavy atom. The van der Waals surface area contributed by atoms with Gasteiger partial charge in [0.05, 0.1) is 23.4 Å². The Morgan fingerprint density at radius 2 is 1.85 bits per heavy atom. The van der Waals surface area contributed by atoms with Crippen molar-refractivity contribution >= 4 is 23.4 Å². The van der Waals surface area contributed by atoms with Gasteiger partial charge >= 0.3 is 5.97 Å². The molecule has 0 spiro atoms. The van der Waals surface area contributed by atoms with Crippen LogP contribution in [-0.2, 0) is 4.74 Å². The lowest BCUT2D eigenvalue weighted by atomic mass is 10.1. The first-order valence-electron chi connectivity index (χ1n) is 9.05. The average molecular weight is 368 g/mol. The highest BCUT2D eigenvalue weighted by Crippen LogP contribution is 2.21. The van der Waals surface area contributed by atoms with Gasteiger partial charge in [-0.1, -0.05) is 12.1 Å². The molecule has 2 heterocycles. The summed E-state index contributed by atoms with van der Waals surface area (Å²) in [4.78, 5) is 33.0. The lowest BCUT2D eigenvalue weighted by molar-refractivity contribution is 0.0527. The van der Waals surface area contributed by atoms with E-state index < -0.39 is 0 Å². The van der Waals surface area contributed by atoms with Crippen LogP contribution >= 0.6 is 0 Å². The normalized spacial score (nSPS) is 14.7. The van der Waals surface area contributed by atoms with Crippen LogP contribution in [-0.4, -0.2) is 66.5 Å². The zero-order chi connectivity index (χ0) is 19.2. The number of nitrogens with zero attached hydrogens (tertiary/aromatic N) is 3. The van der Waals surface area contributed by atoms with Crippen LogP contribution < -0.4 is 5.32 Å². The number of anilines is 2. The summed E-state index contributed by atoms with van der Waals surface area (Å²) < 4.78 is 5.08. The first-order valence-corrected chi connectivity index (χ1v) is 9.05. The molecule has 0 saturated carbocycles. The molecule has 1 aliphatic rings. The van der Waals surface area contributed by atoms with E-state index in [9.17, 15) is 9.59 Å². The summed E-state index contributed by atoms with van der Waals surface area (Å²) in [7, 11) is 2.05. The van der Waals surface area contributed by atoms with Gasteiger partial charge in [0.1, 0.15) is 5.82 Å². The quantitative estimate of drug-likeness (QED) is 0.817. The smallest absolute Gasteiger partial charge is 0.340 e. The second-order valence-electron chi connectivity index (χ2n) is 6.42. The fourth-order valence-electron chi connectivity index (χ4n) is 2.90. The third-order valence-electron chi connectivity index (χ3n) is 4.49. The predicted octanol–water partition coefficient (Wildman–Crippen LogP) is 2.39. The van der Waals surface area contributed by atoms with Gasteiger partial charge in [-0.05, 0) is 38.2 Å². The van der Waals surface area contributed by atoms with Gasteiger partial charge in [0, 0.05) is 32.4 Å². The first-order chi connectivity index (χ1) is 13.1. The Balaban J connectivity index is 1.70. The van der Waals surface area contributed by atoms with Crippen molar-refractivity contribution in [2.45, 2.75) is 6.92 Å². The van der Waals surface area contributed by atoms with Gasteiger partial charge in [0.2, 0.25) is 0 Å². The maximum Gasteiger partial charge on any atom is 0.340 e. The number of hydrogen-bond donors (Lipinski definition) is 1. The molecule has 3 rings (SSSR count). The fourth-order valence-corrected chi connectivity index (χ4v) is 2.90. The Bertz CT molecular complexity index is 799. The van der Waals surface area contributed by atoms with Gasteiger partial charge in [-0.25, -0.2) is 9.78 Å². The summed E-state index contributed by atoms with van der Waals surface area (Å²) >= 11 is 0. The molecule has 2 aromatic rings. The molecule has 0 unspecified atom stereocenters. The molecule has 0 aliphatic carbocycles. The van der Waals surface area contributed by atoms with Gasteiger partial charge in [0.15, 0.2) is 0 Å². The molecule has 0 bridgehead atoms. The van der Waals surface area contributed by atoms with Crippen molar-refractivity contribution in [3.8, 4) is 0 Å². The molecule has 1 aliphatic heterocycles. The van der Waals surface area contributed by atoms with Crippen molar-refractivity contribution in [3.63, 3.8) is 0 Å². The number of hydrogen-bond acceptors (Lipinski definition) is 6. The van der Waals surface area contributed by atoms with Gasteiger partial charge in [0.25, 0.3) is 5.91 Å². The van der Waals surface area contributed by atoms with Crippen LogP contribution in [0.1, 0.15) is 27.6 Å². The first kappa shape index (κ1) is 18.8. The molecular formula is C20H24N4O3. The molecule has 7 nitrogen and oxygen atoms in total. The largest absolute Gasteiger partial charge is 0.462 e. The van der Waals surface area contributed by atoms with E-state index in [0.717, 1.165) is 26.2 Å². The number of piperazine rings is 1. The molecule has 7 heteroatoms. The minimum absolute atomic E-state index is 0.00549. The summed E-state index contributed by atoms with van der Waals surface area (Å²) in [6.45, 7) is 5.29. The van der Waals surface area contributed by atoms with Crippen LogP contribution in [0.2, 0.25) is 0 Å². The number of esters is 1. The van der Waals surface area contributed by atoms with E-state index >= 15 is 0 Å². The number of pyridine rings is 1. The number of carbonyl (C=O) groups excluding carboxylic acids is 2. The number of para-hydroxylation sites is 1. The van der Waals surface area contributed by atoms with Crippen LogP contribution in [0, 0.1) is 0 Å². The van der Waals surface area contributed by atoms with E-state index in [1.54, 1.807) is 43.5 Å². The molecule has 27 heavy (non-hydrogen) atoms. The molecule has 1 saturated heterocycles. The van der Waals surface area contributed by atoms with E-state index in [2.05, 4.69) is 22.2 Å². The lowest BCUT2D eigenvalue weighted by Gasteiger charge is -2.32. The maximum absolute atomic E-state index is 12.6. The van der Waals surface area contributed by atoms with Gasteiger partial charge < -0.3 is 19.9 Å². The van der Waals surface area contributed by atoms with E-state index in [0.29, 0.717) is 29.2 Å². The van der Waals surface area contributed by atoms with Crippen LogP contribution in [0.3, 0.4) is 0 Å². The van der Waals surface area contributed by atoms with Crippen LogP contribution in [0.15, 0.2) is 42.6 Å². The minimum atomic E-state index is -0.387. The SMILES string of the molecule is CCOC(=O)c1ccccc1Nc1ccc(C(=O)N2CCN(C)CC2)cn1. The number of likely N-dealkylation sites (N-methyl/N-ethyl adjacent to an activating group) is 1. The summed E-state index contributed by atoms with van der Waals surface area (Å²) in [5.41, 5.74) is 1.61. The minimum Gasteiger partial charge on any atom is -0.462 e. The van der Waals surface area contributed by atoms with Gasteiger partial charge in [-0.2, -0.15) is 0 Å². The van der Waals surface area contributed by atoms with E-state index in [1.165, 1.54) is 0 Å².